The SMILES string of the molecule is CN(C(=O)CCOCCOCCOCCOCCNc1cccc2c1C(=O)N(C1CCC(=O)NC1=O)C2=O)[C@H]1CC[C@]2(C)C3CC[C@]4(C)[C@@H](c5ccc6ccccc6c5)CC[C@H]4C3CC[C@H]2C1. The van der Waals surface area contributed by atoms with Gasteiger partial charge in [-0.25, -0.2) is 0 Å². The molecule has 4 saturated carbocycles. The number of nitrogens with one attached hydrogen (secondary N) is 2. The predicted octanol–water partition coefficient (Wildman–Crippen LogP) is 7.76. The van der Waals surface area contributed by atoms with Crippen molar-refractivity contribution in [2.24, 2.45) is 34.5 Å². The third-order valence-corrected chi connectivity index (χ3v) is 17.4. The molecule has 0 radical (unpaired) electrons. The van der Waals surface area contributed by atoms with Gasteiger partial charge in [0.1, 0.15) is 6.04 Å². The average molecular weight is 919 g/mol. The minimum atomic E-state index is -1.01. The first-order valence-corrected chi connectivity index (χ1v) is 25.1. The fraction of sp³-hybridized carbons (Fsp3) is 0.611. The molecule has 2 N–H and O–H groups in total. The van der Waals surface area contributed by atoms with Crippen molar-refractivity contribution in [1.29, 1.82) is 0 Å². The topological polar surface area (TPSA) is 153 Å². The van der Waals surface area contributed by atoms with Gasteiger partial charge < -0.3 is 29.2 Å². The standard InChI is InChI=1S/C54H70N4O9/c1-53-22-19-39(34-38(53)13-14-40-43-16-15-42(54(43,2)23-20-44(40)53)37-12-11-35-7-4-5-8-36(35)33-37)57(3)48(60)21-25-64-27-29-66-31-32-67-30-28-65-26-24-55-45-10-6-9-41-49(45)52(63)58(51(41)62)46-17-18-47(59)56-50(46)61/h4-12,33,38-40,42-44,46,55H,13-32,34H2,1-3H3,(H,56,59,61)/t38-,39-,40?,42+,43-,44?,46?,53-,54+/m0/s1. The van der Waals surface area contributed by atoms with Crippen molar-refractivity contribution in [3.05, 3.63) is 77.4 Å². The van der Waals surface area contributed by atoms with Gasteiger partial charge >= 0.3 is 0 Å². The normalized spacial score (nSPS) is 30.1. The van der Waals surface area contributed by atoms with E-state index in [1.165, 1.54) is 55.7 Å². The van der Waals surface area contributed by atoms with E-state index in [4.69, 9.17) is 18.9 Å². The highest BCUT2D eigenvalue weighted by atomic mass is 16.6. The van der Waals surface area contributed by atoms with Crippen LogP contribution in [0.3, 0.4) is 0 Å². The minimum Gasteiger partial charge on any atom is -0.382 e. The number of imide groups is 2. The second-order valence-corrected chi connectivity index (χ2v) is 20.7. The van der Waals surface area contributed by atoms with Crippen LogP contribution in [0.25, 0.3) is 10.8 Å². The fourth-order valence-electron chi connectivity index (χ4n) is 13.8. The van der Waals surface area contributed by atoms with Gasteiger partial charge in [0.05, 0.1) is 70.4 Å². The number of anilines is 1. The third-order valence-electron chi connectivity index (χ3n) is 17.4. The minimum absolute atomic E-state index is 0.0675. The van der Waals surface area contributed by atoms with Crippen LogP contribution >= 0.6 is 0 Å². The molecule has 0 bridgehead atoms. The first-order valence-electron chi connectivity index (χ1n) is 25.1. The van der Waals surface area contributed by atoms with Crippen LogP contribution in [0.4, 0.5) is 5.69 Å². The van der Waals surface area contributed by atoms with Crippen molar-refractivity contribution in [3.8, 4) is 0 Å². The Morgan fingerprint density at radius 2 is 1.43 bits per heavy atom. The summed E-state index contributed by atoms with van der Waals surface area (Å²) in [6, 6.07) is 20.3. The average Bonchev–Trinajstić information content (AvgIpc) is 3.82. The monoisotopic (exact) mass is 919 g/mol. The number of carbonyl (C=O) groups excluding carboxylic acids is 5. The maximum Gasteiger partial charge on any atom is 0.264 e. The first kappa shape index (κ1) is 47.4. The number of piperidine rings is 1. The van der Waals surface area contributed by atoms with Gasteiger partial charge in [-0.3, -0.25) is 34.2 Å². The number of hydrogen-bond acceptors (Lipinski definition) is 10. The number of benzene rings is 3. The van der Waals surface area contributed by atoms with E-state index in [-0.39, 0.29) is 29.9 Å². The van der Waals surface area contributed by atoms with Crippen LogP contribution < -0.4 is 10.6 Å². The molecule has 3 aromatic rings. The smallest absolute Gasteiger partial charge is 0.264 e. The van der Waals surface area contributed by atoms with Crippen LogP contribution in [0.5, 0.6) is 0 Å². The summed E-state index contributed by atoms with van der Waals surface area (Å²) < 4.78 is 22.7. The largest absolute Gasteiger partial charge is 0.382 e. The van der Waals surface area contributed by atoms with Crippen molar-refractivity contribution in [3.63, 3.8) is 0 Å². The lowest BCUT2D eigenvalue weighted by Gasteiger charge is -2.61. The fourth-order valence-corrected chi connectivity index (χ4v) is 13.8. The van der Waals surface area contributed by atoms with Gasteiger partial charge in [-0.15, -0.1) is 0 Å². The van der Waals surface area contributed by atoms with Gasteiger partial charge in [0.2, 0.25) is 17.7 Å². The molecule has 5 fully saturated rings. The molecule has 13 nitrogen and oxygen atoms in total. The van der Waals surface area contributed by atoms with Crippen LogP contribution in [0.15, 0.2) is 60.7 Å². The maximum absolute atomic E-state index is 13.4. The molecule has 1 saturated heterocycles. The van der Waals surface area contributed by atoms with Gasteiger partial charge in [-0.2, -0.15) is 0 Å². The zero-order chi connectivity index (χ0) is 46.7. The van der Waals surface area contributed by atoms with Crippen molar-refractivity contribution in [2.75, 3.05) is 71.8 Å². The van der Waals surface area contributed by atoms with E-state index in [9.17, 15) is 24.0 Å². The molecule has 0 spiro atoms. The summed E-state index contributed by atoms with van der Waals surface area (Å²) in [5.41, 5.74) is 3.24. The van der Waals surface area contributed by atoms with Crippen LogP contribution in [0, 0.1) is 34.5 Å². The molecular weight excluding hydrogens is 849 g/mol. The Bertz CT molecular complexity index is 2320. The number of nitrogens with zero attached hydrogens (tertiary/aromatic N) is 2. The summed E-state index contributed by atoms with van der Waals surface area (Å²) >= 11 is 0. The lowest BCUT2D eigenvalue weighted by molar-refractivity contribution is -0.141. The van der Waals surface area contributed by atoms with E-state index in [1.54, 1.807) is 23.8 Å². The van der Waals surface area contributed by atoms with Crippen LogP contribution in [-0.2, 0) is 33.3 Å². The molecule has 6 aliphatic rings. The Morgan fingerprint density at radius 3 is 2.19 bits per heavy atom. The van der Waals surface area contributed by atoms with E-state index in [2.05, 4.69) is 66.9 Å². The zero-order valence-electron chi connectivity index (χ0n) is 39.7. The predicted molar refractivity (Wildman–Crippen MR) is 254 cm³/mol. The zero-order valence-corrected chi connectivity index (χ0v) is 39.7. The Morgan fingerprint density at radius 1 is 0.731 bits per heavy atom. The molecule has 2 heterocycles. The number of amides is 5. The van der Waals surface area contributed by atoms with Crippen LogP contribution in [0.2, 0.25) is 0 Å². The van der Waals surface area contributed by atoms with Gasteiger partial charge in [-0.1, -0.05) is 62.4 Å². The quantitative estimate of drug-likeness (QED) is 0.0902. The summed E-state index contributed by atoms with van der Waals surface area (Å²) in [7, 11) is 2.01. The van der Waals surface area contributed by atoms with Crippen molar-refractivity contribution in [1.82, 2.24) is 15.1 Å². The van der Waals surface area contributed by atoms with E-state index >= 15 is 0 Å². The van der Waals surface area contributed by atoms with Crippen LogP contribution in [-0.4, -0.2) is 118 Å². The second-order valence-electron chi connectivity index (χ2n) is 20.7. The molecule has 0 aromatic heterocycles. The highest BCUT2D eigenvalue weighted by molar-refractivity contribution is 6.25. The molecule has 9 atom stereocenters. The summed E-state index contributed by atoms with van der Waals surface area (Å²) in [6.07, 6.45) is 12.0. The van der Waals surface area contributed by atoms with E-state index < -0.39 is 29.7 Å². The molecule has 5 amide bonds. The maximum atomic E-state index is 13.4. The first-order chi connectivity index (χ1) is 32.5. The molecule has 9 rings (SSSR count). The highest BCUT2D eigenvalue weighted by Crippen LogP contribution is 2.69. The van der Waals surface area contributed by atoms with Gasteiger partial charge in [-0.05, 0) is 133 Å². The van der Waals surface area contributed by atoms with Crippen molar-refractivity contribution in [2.45, 2.75) is 109 Å². The molecule has 4 aliphatic carbocycles. The summed E-state index contributed by atoms with van der Waals surface area (Å²) in [5, 5.41) is 8.09. The summed E-state index contributed by atoms with van der Waals surface area (Å²) in [6.45, 7) is 8.82. The number of ether oxygens (including phenoxy) is 4. The van der Waals surface area contributed by atoms with Crippen molar-refractivity contribution < 1.29 is 42.9 Å². The van der Waals surface area contributed by atoms with Gasteiger partial charge in [0, 0.05) is 31.7 Å². The molecule has 67 heavy (non-hydrogen) atoms. The molecular formula is C54H70N4O9. The van der Waals surface area contributed by atoms with Gasteiger partial charge in [0.15, 0.2) is 0 Å². The second kappa shape index (κ2) is 20.5. The lowest BCUT2D eigenvalue weighted by atomic mass is 9.44. The number of carbonyl (C=O) groups is 5. The Balaban J connectivity index is 0.611. The molecule has 3 unspecified atom stereocenters. The van der Waals surface area contributed by atoms with Crippen molar-refractivity contribution >= 4 is 46.0 Å². The number of hydrogen-bond donors (Lipinski definition) is 2. The van der Waals surface area contributed by atoms with E-state index in [1.807, 2.05) is 11.9 Å². The van der Waals surface area contributed by atoms with E-state index in [0.29, 0.717) is 100 Å². The highest BCUT2D eigenvalue weighted by Gasteiger charge is 2.60. The molecule has 13 heteroatoms. The molecule has 360 valence electrons. The Hall–Kier alpha value is -4.69. The summed E-state index contributed by atoms with van der Waals surface area (Å²) in [5.74, 6) is 1.81. The summed E-state index contributed by atoms with van der Waals surface area (Å²) in [4.78, 5) is 66.6. The number of rotatable bonds is 19. The van der Waals surface area contributed by atoms with E-state index in [0.717, 1.165) is 35.5 Å². The third kappa shape index (κ3) is 9.55. The number of fused-ring (bicyclic) bond motifs is 7. The Kier molecular flexibility index (Phi) is 14.5. The van der Waals surface area contributed by atoms with Crippen LogP contribution in [0.1, 0.15) is 123 Å². The molecule has 2 aliphatic heterocycles. The molecule has 3 aromatic carbocycles. The van der Waals surface area contributed by atoms with Gasteiger partial charge in [0.25, 0.3) is 11.8 Å². The Labute approximate surface area is 395 Å². The lowest BCUT2D eigenvalue weighted by Crippen LogP contribution is -2.55.